The van der Waals surface area contributed by atoms with Gasteiger partial charge in [0.1, 0.15) is 36.8 Å². The fourth-order valence-corrected chi connectivity index (χ4v) is 7.51. The van der Waals surface area contributed by atoms with Gasteiger partial charge < -0.3 is 24.8 Å². The number of nitrogens with zero attached hydrogens (tertiary/aromatic N) is 3. The lowest BCUT2D eigenvalue weighted by Crippen LogP contribution is -2.39. The highest BCUT2D eigenvalue weighted by atomic mass is 35.5. The lowest BCUT2D eigenvalue weighted by molar-refractivity contribution is -0.140. The van der Waals surface area contributed by atoms with E-state index in [9.17, 15) is 25.4 Å². The second-order valence-electron chi connectivity index (χ2n) is 13.9. The molecule has 1 aliphatic rings. The molecule has 4 aromatic carbocycles. The van der Waals surface area contributed by atoms with Crippen molar-refractivity contribution in [3.63, 3.8) is 0 Å². The lowest BCUT2D eigenvalue weighted by Gasteiger charge is -2.24. The minimum atomic E-state index is -1.18. The van der Waals surface area contributed by atoms with E-state index < -0.39 is 18.6 Å². The van der Waals surface area contributed by atoms with Crippen LogP contribution in [0, 0.1) is 25.2 Å². The van der Waals surface area contributed by atoms with Crippen molar-refractivity contribution < 1.29 is 29.6 Å². The summed E-state index contributed by atoms with van der Waals surface area (Å²) in [6.45, 7) is 4.85. The van der Waals surface area contributed by atoms with Crippen LogP contribution in [0.1, 0.15) is 57.0 Å². The van der Waals surface area contributed by atoms with Gasteiger partial charge in [-0.1, -0.05) is 66.2 Å². The van der Waals surface area contributed by atoms with Crippen LogP contribution < -0.4 is 14.8 Å². The maximum atomic E-state index is 11.5. The van der Waals surface area contributed by atoms with E-state index in [1.54, 1.807) is 24.4 Å². The standard InChI is InChI=1S/C44H45ClN4O6/c1-27-33(6-4-8-36(27)37-9-5-7-35(28(37)2)31-10-12-38-32(17-31)11-13-41(38)49(3)14-15-50)26-55-43-19-42(54-25-30-16-29(20-46)21-47-22-30)34(18-39(43)45)23-48-40(24-51)44(52)53/h4-10,12,16-19,21-22,40-41,48,50-51H,11,13-15,23-26H2,1-3H3,(H,52,53). The van der Waals surface area contributed by atoms with Gasteiger partial charge in [-0.05, 0) is 95.9 Å². The molecular weight excluding hydrogens is 716 g/mol. The van der Waals surface area contributed by atoms with Crippen LogP contribution >= 0.6 is 11.6 Å². The Morgan fingerprint density at radius 3 is 2.45 bits per heavy atom. The van der Waals surface area contributed by atoms with Crippen molar-refractivity contribution in [2.45, 2.75) is 58.5 Å². The molecular formula is C44H45ClN4O6. The molecule has 11 heteroatoms. The summed E-state index contributed by atoms with van der Waals surface area (Å²) in [6.07, 6.45) is 5.14. The molecule has 0 aliphatic heterocycles. The maximum Gasteiger partial charge on any atom is 0.323 e. The molecule has 4 N–H and O–H groups in total. The summed E-state index contributed by atoms with van der Waals surface area (Å²) in [5.74, 6) is -0.408. The number of carbonyl (C=O) groups is 1. The number of halogens is 1. The topological polar surface area (TPSA) is 148 Å². The average Bonchev–Trinajstić information content (AvgIpc) is 3.62. The molecule has 5 aromatic rings. The Morgan fingerprint density at radius 2 is 1.71 bits per heavy atom. The fourth-order valence-electron chi connectivity index (χ4n) is 7.27. The SMILES string of the molecule is Cc1c(COc2cc(OCc3cncc(C#N)c3)c(CNC(CO)C(=O)O)cc2Cl)cccc1-c1cccc(-c2ccc3c(c2)CCC3N(C)CCO)c1C. The number of hydrogen-bond acceptors (Lipinski definition) is 9. The van der Waals surface area contributed by atoms with Gasteiger partial charge in [0.2, 0.25) is 0 Å². The Morgan fingerprint density at radius 1 is 0.964 bits per heavy atom. The van der Waals surface area contributed by atoms with Gasteiger partial charge in [0.25, 0.3) is 0 Å². The van der Waals surface area contributed by atoms with E-state index >= 15 is 0 Å². The van der Waals surface area contributed by atoms with Gasteiger partial charge >= 0.3 is 5.97 Å². The van der Waals surface area contributed by atoms with Gasteiger partial charge in [0, 0.05) is 48.7 Å². The summed E-state index contributed by atoms with van der Waals surface area (Å²) in [5.41, 5.74) is 12.2. The minimum absolute atomic E-state index is 0.0524. The molecule has 284 valence electrons. The van der Waals surface area contributed by atoms with Gasteiger partial charge in [-0.15, -0.1) is 0 Å². The Hall–Kier alpha value is -5.28. The molecule has 0 spiro atoms. The molecule has 1 aliphatic carbocycles. The highest BCUT2D eigenvalue weighted by Crippen LogP contribution is 2.40. The molecule has 1 heterocycles. The number of fused-ring (bicyclic) bond motifs is 1. The first-order chi connectivity index (χ1) is 26.6. The number of carboxylic acids is 1. The lowest BCUT2D eigenvalue weighted by atomic mass is 9.89. The van der Waals surface area contributed by atoms with Gasteiger partial charge in [0.05, 0.1) is 23.8 Å². The summed E-state index contributed by atoms with van der Waals surface area (Å²) in [5, 5.41) is 40.8. The molecule has 0 amide bonds. The van der Waals surface area contributed by atoms with E-state index in [4.69, 9.17) is 21.1 Å². The number of aliphatic hydroxyl groups excluding tert-OH is 2. The van der Waals surface area contributed by atoms with Crippen molar-refractivity contribution in [2.75, 3.05) is 26.8 Å². The first kappa shape index (κ1) is 39.4. The Kier molecular flexibility index (Phi) is 12.8. The van der Waals surface area contributed by atoms with Crippen LogP contribution in [0.4, 0.5) is 0 Å². The van der Waals surface area contributed by atoms with Gasteiger partial charge in [-0.25, -0.2) is 0 Å². The third-order valence-corrected chi connectivity index (χ3v) is 10.7. The van der Waals surface area contributed by atoms with Crippen LogP contribution in [0.3, 0.4) is 0 Å². The number of aliphatic carboxylic acids is 1. The number of carboxylic acid groups (broad SMARTS) is 1. The van der Waals surface area contributed by atoms with E-state index in [0.717, 1.165) is 35.1 Å². The molecule has 6 rings (SSSR count). The second kappa shape index (κ2) is 17.9. The van der Waals surface area contributed by atoms with Crippen LogP contribution in [-0.2, 0) is 31.0 Å². The van der Waals surface area contributed by atoms with E-state index in [-0.39, 0.29) is 26.4 Å². The predicted molar refractivity (Wildman–Crippen MR) is 212 cm³/mol. The first-order valence-electron chi connectivity index (χ1n) is 18.2. The molecule has 0 fully saturated rings. The van der Waals surface area contributed by atoms with E-state index in [2.05, 4.69) is 84.6 Å². The highest BCUT2D eigenvalue weighted by Gasteiger charge is 2.26. The molecule has 1 aromatic heterocycles. The van der Waals surface area contributed by atoms with Crippen molar-refractivity contribution in [1.29, 1.82) is 5.26 Å². The number of nitriles is 1. The number of likely N-dealkylation sites (N-methyl/N-ethyl adjacent to an activating group) is 1. The average molecular weight is 761 g/mol. The summed E-state index contributed by atoms with van der Waals surface area (Å²) in [4.78, 5) is 17.9. The predicted octanol–water partition coefficient (Wildman–Crippen LogP) is 7.16. The van der Waals surface area contributed by atoms with E-state index in [0.29, 0.717) is 45.8 Å². The Labute approximate surface area is 326 Å². The minimum Gasteiger partial charge on any atom is -0.488 e. The van der Waals surface area contributed by atoms with Crippen LogP contribution in [0.25, 0.3) is 22.3 Å². The second-order valence-corrected chi connectivity index (χ2v) is 14.3. The highest BCUT2D eigenvalue weighted by molar-refractivity contribution is 6.32. The molecule has 0 saturated heterocycles. The number of pyridine rings is 1. The molecule has 0 saturated carbocycles. The number of ether oxygens (including phenoxy) is 2. The fraction of sp³-hybridized carbons (Fsp3) is 0.295. The smallest absolute Gasteiger partial charge is 0.323 e. The summed E-state index contributed by atoms with van der Waals surface area (Å²) >= 11 is 6.74. The molecule has 10 nitrogen and oxygen atoms in total. The van der Waals surface area contributed by atoms with Crippen molar-refractivity contribution in [3.8, 4) is 39.8 Å². The normalized spacial score (nSPS) is 14.0. The Bertz CT molecular complexity index is 2220. The monoisotopic (exact) mass is 760 g/mol. The number of aliphatic hydroxyl groups is 2. The summed E-state index contributed by atoms with van der Waals surface area (Å²) in [7, 11) is 2.08. The van der Waals surface area contributed by atoms with Crippen molar-refractivity contribution >= 4 is 17.6 Å². The van der Waals surface area contributed by atoms with Crippen molar-refractivity contribution in [2.24, 2.45) is 0 Å². The van der Waals surface area contributed by atoms with E-state index in [1.807, 2.05) is 12.1 Å². The van der Waals surface area contributed by atoms with Gasteiger partial charge in [-0.3, -0.25) is 20.0 Å². The number of nitrogens with one attached hydrogen (secondary N) is 1. The molecule has 55 heavy (non-hydrogen) atoms. The summed E-state index contributed by atoms with van der Waals surface area (Å²) < 4.78 is 12.5. The zero-order valence-corrected chi connectivity index (χ0v) is 31.9. The largest absolute Gasteiger partial charge is 0.488 e. The number of aryl methyl sites for hydroxylation is 1. The number of aromatic nitrogens is 1. The third kappa shape index (κ3) is 9.00. The maximum absolute atomic E-state index is 11.5. The Balaban J connectivity index is 1.24. The van der Waals surface area contributed by atoms with Crippen molar-refractivity contribution in [3.05, 3.63) is 135 Å². The van der Waals surface area contributed by atoms with Crippen LogP contribution in [0.5, 0.6) is 11.5 Å². The van der Waals surface area contributed by atoms with Crippen LogP contribution in [0.2, 0.25) is 5.02 Å². The van der Waals surface area contributed by atoms with Crippen molar-refractivity contribution in [1.82, 2.24) is 15.2 Å². The van der Waals surface area contributed by atoms with E-state index in [1.165, 1.54) is 34.0 Å². The quantitative estimate of drug-likeness (QED) is 0.0817. The van der Waals surface area contributed by atoms with Gasteiger partial charge in [-0.2, -0.15) is 5.26 Å². The number of benzene rings is 4. The molecule has 2 unspecified atom stereocenters. The molecule has 0 bridgehead atoms. The number of rotatable bonds is 16. The third-order valence-electron chi connectivity index (χ3n) is 10.4. The zero-order chi connectivity index (χ0) is 39.1. The van der Waals surface area contributed by atoms with Crippen LogP contribution in [0.15, 0.2) is 85.2 Å². The molecule has 0 radical (unpaired) electrons. The first-order valence-corrected chi connectivity index (χ1v) is 18.6. The number of hydrogen-bond donors (Lipinski definition) is 4. The molecule has 2 atom stereocenters. The summed E-state index contributed by atoms with van der Waals surface area (Å²) in [6, 6.07) is 25.6. The zero-order valence-electron chi connectivity index (χ0n) is 31.2. The van der Waals surface area contributed by atoms with Gasteiger partial charge in [0.15, 0.2) is 0 Å². The van der Waals surface area contributed by atoms with Crippen LogP contribution in [-0.4, -0.2) is 64.0 Å².